The lowest BCUT2D eigenvalue weighted by Gasteiger charge is -2.09. The van der Waals surface area contributed by atoms with Crippen molar-refractivity contribution in [2.75, 3.05) is 12.8 Å². The lowest BCUT2D eigenvalue weighted by atomic mass is 10.0. The Hall–Kier alpha value is -0.350. The summed E-state index contributed by atoms with van der Waals surface area (Å²) in [5.74, 6) is 0.730. The van der Waals surface area contributed by atoms with Crippen molar-refractivity contribution >= 4 is 8.58 Å². The molecule has 0 saturated carbocycles. The SMILES string of the molecule is CPCC(C)c1ccc(C)cc1. The van der Waals surface area contributed by atoms with Crippen LogP contribution in [0.5, 0.6) is 0 Å². The highest BCUT2D eigenvalue weighted by atomic mass is 31.1. The molecule has 1 aromatic carbocycles. The Kier molecular flexibility index (Phi) is 3.75. The predicted octanol–water partition coefficient (Wildman–Crippen LogP) is 3.41. The Bertz CT molecular complexity index is 225. The molecule has 0 spiro atoms. The van der Waals surface area contributed by atoms with Crippen LogP contribution < -0.4 is 0 Å². The van der Waals surface area contributed by atoms with Gasteiger partial charge in [-0.2, -0.15) is 0 Å². The average molecular weight is 180 g/mol. The highest BCUT2D eigenvalue weighted by molar-refractivity contribution is 7.37. The van der Waals surface area contributed by atoms with Crippen molar-refractivity contribution in [2.45, 2.75) is 19.8 Å². The van der Waals surface area contributed by atoms with E-state index in [-0.39, 0.29) is 0 Å². The molecule has 0 nitrogen and oxygen atoms in total. The molecule has 0 aliphatic rings. The van der Waals surface area contributed by atoms with E-state index < -0.39 is 0 Å². The molecule has 1 rings (SSSR count). The Labute approximate surface area is 77.2 Å². The summed E-state index contributed by atoms with van der Waals surface area (Å²) in [6.45, 7) is 6.71. The normalized spacial score (nSPS) is 13.9. The van der Waals surface area contributed by atoms with Gasteiger partial charge in [-0.25, -0.2) is 0 Å². The third-order valence-electron chi connectivity index (χ3n) is 2.16. The van der Waals surface area contributed by atoms with Crippen LogP contribution in [0.1, 0.15) is 24.0 Å². The standard InChI is InChI=1S/C11H17P/c1-9-4-6-11(7-5-9)10(2)8-12-3/h4-7,10,12H,8H2,1-3H3. The van der Waals surface area contributed by atoms with Crippen LogP contribution >= 0.6 is 8.58 Å². The third-order valence-corrected chi connectivity index (χ3v) is 3.18. The van der Waals surface area contributed by atoms with Gasteiger partial charge in [0.15, 0.2) is 0 Å². The van der Waals surface area contributed by atoms with Gasteiger partial charge in [0.05, 0.1) is 0 Å². The molecule has 1 heteroatoms. The molecule has 2 atom stereocenters. The summed E-state index contributed by atoms with van der Waals surface area (Å²) >= 11 is 0. The second kappa shape index (κ2) is 4.62. The van der Waals surface area contributed by atoms with Gasteiger partial charge in [-0.3, -0.25) is 0 Å². The van der Waals surface area contributed by atoms with Crippen LogP contribution in [-0.2, 0) is 0 Å². The van der Waals surface area contributed by atoms with Crippen molar-refractivity contribution in [2.24, 2.45) is 0 Å². The van der Waals surface area contributed by atoms with Crippen LogP contribution in [-0.4, -0.2) is 12.8 Å². The number of hydrogen-bond acceptors (Lipinski definition) is 0. The summed E-state index contributed by atoms with van der Waals surface area (Å²) in [5, 5.41) is 0. The quantitative estimate of drug-likeness (QED) is 0.625. The fraction of sp³-hybridized carbons (Fsp3) is 0.455. The van der Waals surface area contributed by atoms with Gasteiger partial charge in [-0.05, 0) is 31.2 Å². The number of hydrogen-bond donors (Lipinski definition) is 0. The fourth-order valence-electron chi connectivity index (χ4n) is 1.32. The Morgan fingerprint density at radius 3 is 2.33 bits per heavy atom. The first kappa shape index (κ1) is 9.74. The molecule has 0 heterocycles. The molecule has 0 aliphatic carbocycles. The topological polar surface area (TPSA) is 0 Å². The molecule has 0 aromatic heterocycles. The fourth-order valence-corrected chi connectivity index (χ4v) is 2.17. The Morgan fingerprint density at radius 1 is 1.25 bits per heavy atom. The van der Waals surface area contributed by atoms with Gasteiger partial charge in [-0.1, -0.05) is 36.8 Å². The molecule has 1 aromatic rings. The molecule has 12 heavy (non-hydrogen) atoms. The Balaban J connectivity index is 2.68. The van der Waals surface area contributed by atoms with E-state index in [9.17, 15) is 0 Å². The molecular formula is C11H17P. The second-order valence-corrected chi connectivity index (χ2v) is 4.48. The van der Waals surface area contributed by atoms with Gasteiger partial charge in [-0.15, -0.1) is 8.58 Å². The zero-order valence-electron chi connectivity index (χ0n) is 8.09. The van der Waals surface area contributed by atoms with E-state index >= 15 is 0 Å². The number of rotatable bonds is 3. The highest BCUT2D eigenvalue weighted by Crippen LogP contribution is 2.21. The summed E-state index contributed by atoms with van der Waals surface area (Å²) < 4.78 is 0. The average Bonchev–Trinajstić information content (AvgIpc) is 2.06. The van der Waals surface area contributed by atoms with Crippen LogP contribution in [0, 0.1) is 6.92 Å². The highest BCUT2D eigenvalue weighted by Gasteiger charge is 2.02. The van der Waals surface area contributed by atoms with Gasteiger partial charge in [0.2, 0.25) is 0 Å². The van der Waals surface area contributed by atoms with Crippen molar-refractivity contribution in [3.63, 3.8) is 0 Å². The van der Waals surface area contributed by atoms with Gasteiger partial charge in [0, 0.05) is 0 Å². The first-order chi connectivity index (χ1) is 5.74. The molecule has 0 N–H and O–H groups in total. The van der Waals surface area contributed by atoms with Crippen molar-refractivity contribution in [1.82, 2.24) is 0 Å². The minimum Gasteiger partial charge on any atom is -0.125 e. The zero-order chi connectivity index (χ0) is 8.97. The zero-order valence-corrected chi connectivity index (χ0v) is 9.09. The van der Waals surface area contributed by atoms with Gasteiger partial charge < -0.3 is 0 Å². The lowest BCUT2D eigenvalue weighted by Crippen LogP contribution is -1.94. The van der Waals surface area contributed by atoms with Gasteiger partial charge in [0.25, 0.3) is 0 Å². The first-order valence-corrected chi connectivity index (χ1v) is 6.16. The minimum atomic E-state index is 0.730. The van der Waals surface area contributed by atoms with Gasteiger partial charge in [0.1, 0.15) is 0 Å². The van der Waals surface area contributed by atoms with Crippen LogP contribution in [0.4, 0.5) is 0 Å². The van der Waals surface area contributed by atoms with E-state index in [0.29, 0.717) is 0 Å². The maximum absolute atomic E-state index is 2.31. The van der Waals surface area contributed by atoms with Crippen LogP contribution in [0.15, 0.2) is 24.3 Å². The van der Waals surface area contributed by atoms with Crippen molar-refractivity contribution in [3.8, 4) is 0 Å². The predicted molar refractivity (Wildman–Crippen MR) is 58.7 cm³/mol. The molecule has 0 bridgehead atoms. The van der Waals surface area contributed by atoms with E-state index in [0.717, 1.165) is 14.5 Å². The molecule has 0 amide bonds. The maximum Gasteiger partial charge on any atom is -0.0154 e. The summed E-state index contributed by atoms with van der Waals surface area (Å²) in [7, 11) is 1.06. The van der Waals surface area contributed by atoms with E-state index in [4.69, 9.17) is 0 Å². The number of aryl methyl sites for hydroxylation is 1. The molecule has 66 valence electrons. The summed E-state index contributed by atoms with van der Waals surface area (Å²) in [6.07, 6.45) is 1.32. The van der Waals surface area contributed by atoms with E-state index in [1.54, 1.807) is 0 Å². The van der Waals surface area contributed by atoms with Crippen molar-refractivity contribution in [3.05, 3.63) is 35.4 Å². The lowest BCUT2D eigenvalue weighted by molar-refractivity contribution is 0.878. The molecule has 2 unspecified atom stereocenters. The van der Waals surface area contributed by atoms with Gasteiger partial charge >= 0.3 is 0 Å². The summed E-state index contributed by atoms with van der Waals surface area (Å²) in [5.41, 5.74) is 2.83. The second-order valence-electron chi connectivity index (χ2n) is 3.37. The summed E-state index contributed by atoms with van der Waals surface area (Å²) in [4.78, 5) is 0. The molecule has 0 radical (unpaired) electrons. The Morgan fingerprint density at radius 2 is 1.83 bits per heavy atom. The minimum absolute atomic E-state index is 0.730. The summed E-state index contributed by atoms with van der Waals surface area (Å²) in [6, 6.07) is 8.90. The first-order valence-electron chi connectivity index (χ1n) is 4.45. The van der Waals surface area contributed by atoms with Crippen molar-refractivity contribution < 1.29 is 0 Å². The van der Waals surface area contributed by atoms with Crippen LogP contribution in [0.25, 0.3) is 0 Å². The molecular weight excluding hydrogens is 163 g/mol. The molecule has 0 aliphatic heterocycles. The maximum atomic E-state index is 2.31. The largest absolute Gasteiger partial charge is 0.125 e. The van der Waals surface area contributed by atoms with Crippen LogP contribution in [0.3, 0.4) is 0 Å². The smallest absolute Gasteiger partial charge is 0.0154 e. The van der Waals surface area contributed by atoms with E-state index in [2.05, 4.69) is 44.8 Å². The van der Waals surface area contributed by atoms with Crippen LogP contribution in [0.2, 0.25) is 0 Å². The molecule has 0 saturated heterocycles. The van der Waals surface area contributed by atoms with Crippen molar-refractivity contribution in [1.29, 1.82) is 0 Å². The third kappa shape index (κ3) is 2.60. The number of benzene rings is 1. The molecule has 0 fully saturated rings. The van der Waals surface area contributed by atoms with E-state index in [1.165, 1.54) is 17.3 Å². The monoisotopic (exact) mass is 180 g/mol. The van der Waals surface area contributed by atoms with E-state index in [1.807, 2.05) is 0 Å².